The van der Waals surface area contributed by atoms with Gasteiger partial charge in [-0.05, 0) is 49.1 Å². The van der Waals surface area contributed by atoms with E-state index >= 15 is 0 Å². The van der Waals surface area contributed by atoms with Crippen LogP contribution >= 0.6 is 0 Å². The average Bonchev–Trinajstić information content (AvgIpc) is 2.61. The van der Waals surface area contributed by atoms with Gasteiger partial charge in [-0.1, -0.05) is 37.3 Å². The number of carbonyl (C=O) groups excluding carboxylic acids is 1. The topological polar surface area (TPSA) is 47.6 Å². The highest BCUT2D eigenvalue weighted by atomic mass is 16.6. The van der Waals surface area contributed by atoms with Gasteiger partial charge in [0.1, 0.15) is 6.61 Å². The van der Waals surface area contributed by atoms with Gasteiger partial charge in [0.2, 0.25) is 6.10 Å². The van der Waals surface area contributed by atoms with Crippen LogP contribution in [0.4, 0.5) is 0 Å². The highest BCUT2D eigenvalue weighted by Crippen LogP contribution is 2.31. The van der Waals surface area contributed by atoms with Gasteiger partial charge in [-0.25, -0.2) is 0 Å². The number of nitrogens with one attached hydrogen (secondary N) is 1. The van der Waals surface area contributed by atoms with E-state index in [1.165, 1.54) is 11.1 Å². The first-order valence-electron chi connectivity index (χ1n) is 8.34. The Bertz CT molecular complexity index is 741. The maximum absolute atomic E-state index is 12.6. The summed E-state index contributed by atoms with van der Waals surface area (Å²) in [6.45, 7) is 6.46. The Labute approximate surface area is 142 Å². The minimum absolute atomic E-state index is 0.0300. The van der Waals surface area contributed by atoms with Crippen molar-refractivity contribution in [1.29, 1.82) is 0 Å². The number of benzene rings is 2. The molecule has 0 aromatic heterocycles. The first-order chi connectivity index (χ1) is 11.6. The molecule has 0 saturated carbocycles. The molecule has 4 nitrogen and oxygen atoms in total. The molecule has 1 aliphatic rings. The van der Waals surface area contributed by atoms with Gasteiger partial charge in [-0.2, -0.15) is 0 Å². The first kappa shape index (κ1) is 16.4. The predicted octanol–water partition coefficient (Wildman–Crippen LogP) is 3.71. The Morgan fingerprint density at radius 2 is 1.92 bits per heavy atom. The molecule has 0 spiro atoms. The Balaban J connectivity index is 1.70. The van der Waals surface area contributed by atoms with E-state index in [0.717, 1.165) is 12.0 Å². The average molecular weight is 325 g/mol. The van der Waals surface area contributed by atoms with Crippen molar-refractivity contribution < 1.29 is 14.3 Å². The summed E-state index contributed by atoms with van der Waals surface area (Å²) >= 11 is 0. The van der Waals surface area contributed by atoms with Crippen LogP contribution in [0, 0.1) is 13.8 Å². The maximum Gasteiger partial charge on any atom is 0.265 e. The van der Waals surface area contributed by atoms with Crippen LogP contribution in [-0.4, -0.2) is 18.6 Å². The molecule has 2 aromatic carbocycles. The van der Waals surface area contributed by atoms with Gasteiger partial charge < -0.3 is 14.8 Å². The summed E-state index contributed by atoms with van der Waals surface area (Å²) in [4.78, 5) is 12.6. The van der Waals surface area contributed by atoms with Gasteiger partial charge in [-0.3, -0.25) is 4.79 Å². The molecule has 0 unspecified atom stereocenters. The van der Waals surface area contributed by atoms with E-state index in [1.807, 2.05) is 24.3 Å². The summed E-state index contributed by atoms with van der Waals surface area (Å²) in [6.07, 6.45) is 0.193. The molecule has 1 heterocycles. The lowest BCUT2D eigenvalue weighted by Crippen LogP contribution is -2.45. The van der Waals surface area contributed by atoms with E-state index in [1.54, 1.807) is 0 Å². The molecular weight excluding hydrogens is 302 g/mol. The third kappa shape index (κ3) is 3.37. The zero-order valence-electron chi connectivity index (χ0n) is 14.3. The quantitative estimate of drug-likeness (QED) is 0.932. The minimum atomic E-state index is -0.625. The van der Waals surface area contributed by atoms with E-state index in [2.05, 4.69) is 44.3 Å². The lowest BCUT2D eigenvalue weighted by atomic mass is 9.99. The van der Waals surface area contributed by atoms with Crippen molar-refractivity contribution in [3.05, 3.63) is 59.2 Å². The van der Waals surface area contributed by atoms with Crippen LogP contribution in [0.2, 0.25) is 0 Å². The zero-order valence-corrected chi connectivity index (χ0v) is 14.3. The van der Waals surface area contributed by atoms with Gasteiger partial charge in [0.25, 0.3) is 5.91 Å². The largest absolute Gasteiger partial charge is 0.485 e. The fraction of sp³-hybridized carbons (Fsp3) is 0.350. The molecule has 2 atom stereocenters. The summed E-state index contributed by atoms with van der Waals surface area (Å²) in [5.41, 5.74) is 3.60. The van der Waals surface area contributed by atoms with Crippen LogP contribution in [0.1, 0.15) is 36.1 Å². The maximum atomic E-state index is 12.6. The Morgan fingerprint density at radius 3 is 2.62 bits per heavy atom. The monoisotopic (exact) mass is 325 g/mol. The molecule has 0 radical (unpaired) electrons. The van der Waals surface area contributed by atoms with E-state index < -0.39 is 6.10 Å². The second-order valence-corrected chi connectivity index (χ2v) is 6.18. The first-order valence-corrected chi connectivity index (χ1v) is 8.34. The van der Waals surface area contributed by atoms with Crippen molar-refractivity contribution in [3.8, 4) is 11.5 Å². The number of hydrogen-bond donors (Lipinski definition) is 1. The molecule has 0 fully saturated rings. The Kier molecular flexibility index (Phi) is 4.74. The van der Waals surface area contributed by atoms with E-state index in [4.69, 9.17) is 9.47 Å². The van der Waals surface area contributed by atoms with Gasteiger partial charge in [0, 0.05) is 0 Å². The van der Waals surface area contributed by atoms with Crippen molar-refractivity contribution in [2.24, 2.45) is 0 Å². The third-order valence-corrected chi connectivity index (χ3v) is 4.46. The third-order valence-electron chi connectivity index (χ3n) is 4.46. The molecule has 0 bridgehead atoms. The zero-order chi connectivity index (χ0) is 17.1. The van der Waals surface area contributed by atoms with Crippen LogP contribution in [0.25, 0.3) is 0 Å². The van der Waals surface area contributed by atoms with Crippen LogP contribution in [0.5, 0.6) is 11.5 Å². The smallest absolute Gasteiger partial charge is 0.265 e. The summed E-state index contributed by atoms with van der Waals surface area (Å²) in [7, 11) is 0. The number of ether oxygens (including phenoxy) is 2. The minimum Gasteiger partial charge on any atom is -0.485 e. The van der Waals surface area contributed by atoms with E-state index in [9.17, 15) is 4.79 Å². The molecule has 0 saturated heterocycles. The highest BCUT2D eigenvalue weighted by molar-refractivity contribution is 5.82. The van der Waals surface area contributed by atoms with Gasteiger partial charge in [0.15, 0.2) is 11.5 Å². The number of rotatable bonds is 4. The Hall–Kier alpha value is -2.49. The van der Waals surface area contributed by atoms with Crippen molar-refractivity contribution >= 4 is 5.91 Å². The summed E-state index contributed by atoms with van der Waals surface area (Å²) in [5, 5.41) is 3.09. The summed E-state index contributed by atoms with van der Waals surface area (Å²) in [6, 6.07) is 13.7. The second kappa shape index (κ2) is 6.95. The van der Waals surface area contributed by atoms with Crippen LogP contribution in [-0.2, 0) is 4.79 Å². The molecule has 2 aromatic rings. The van der Waals surface area contributed by atoms with Gasteiger partial charge in [0.05, 0.1) is 6.04 Å². The number of hydrogen-bond acceptors (Lipinski definition) is 3. The van der Waals surface area contributed by atoms with Crippen LogP contribution in [0.3, 0.4) is 0 Å². The van der Waals surface area contributed by atoms with E-state index in [0.29, 0.717) is 11.5 Å². The number of carbonyl (C=O) groups is 1. The molecule has 1 amide bonds. The molecule has 1 N–H and O–H groups in total. The molecule has 0 aliphatic carbocycles. The van der Waals surface area contributed by atoms with Crippen molar-refractivity contribution in [1.82, 2.24) is 5.32 Å². The fourth-order valence-corrected chi connectivity index (χ4v) is 2.82. The standard InChI is InChI=1S/C20H23NO3/c1-4-16(15-10-9-13(2)14(3)11-15)21-20(22)19-12-23-17-7-5-6-8-18(17)24-19/h5-11,16,19H,4,12H2,1-3H3,(H,21,22)/t16-,19-/m1/s1. The van der Waals surface area contributed by atoms with Crippen molar-refractivity contribution in [2.45, 2.75) is 39.3 Å². The number of aryl methyl sites for hydroxylation is 2. The van der Waals surface area contributed by atoms with Crippen molar-refractivity contribution in [2.75, 3.05) is 6.61 Å². The number of amides is 1. The number of para-hydroxylation sites is 2. The molecule has 4 heteroatoms. The van der Waals surface area contributed by atoms with Crippen molar-refractivity contribution in [3.63, 3.8) is 0 Å². The van der Waals surface area contributed by atoms with Crippen LogP contribution < -0.4 is 14.8 Å². The molecule has 24 heavy (non-hydrogen) atoms. The van der Waals surface area contributed by atoms with Crippen LogP contribution in [0.15, 0.2) is 42.5 Å². The van der Waals surface area contributed by atoms with Gasteiger partial charge in [-0.15, -0.1) is 0 Å². The fourth-order valence-electron chi connectivity index (χ4n) is 2.82. The summed E-state index contributed by atoms with van der Waals surface area (Å²) < 4.78 is 11.4. The predicted molar refractivity (Wildman–Crippen MR) is 93.4 cm³/mol. The lowest BCUT2D eigenvalue weighted by molar-refractivity contribution is -0.131. The molecule has 3 rings (SSSR count). The van der Waals surface area contributed by atoms with E-state index in [-0.39, 0.29) is 18.6 Å². The van der Waals surface area contributed by atoms with Gasteiger partial charge >= 0.3 is 0 Å². The summed E-state index contributed by atoms with van der Waals surface area (Å²) in [5.74, 6) is 1.15. The SMILES string of the molecule is CC[C@@H](NC(=O)[C@H]1COc2ccccc2O1)c1ccc(C)c(C)c1. The normalized spacial score (nSPS) is 17.2. The number of fused-ring (bicyclic) bond motifs is 1. The molecule has 1 aliphatic heterocycles. The highest BCUT2D eigenvalue weighted by Gasteiger charge is 2.28. The molecular formula is C20H23NO3. The Morgan fingerprint density at radius 1 is 1.17 bits per heavy atom. The second-order valence-electron chi connectivity index (χ2n) is 6.18. The molecule has 126 valence electrons. The lowest BCUT2D eigenvalue weighted by Gasteiger charge is -2.27.